The number of carbonyl (C=O) groups excluding carboxylic acids is 2. The largest absolute Gasteiger partial charge is 0.491 e. The van der Waals surface area contributed by atoms with Gasteiger partial charge in [0.2, 0.25) is 0 Å². The van der Waals surface area contributed by atoms with Crippen molar-refractivity contribution in [2.24, 2.45) is 5.92 Å². The minimum atomic E-state index is -5.50. The van der Waals surface area contributed by atoms with Gasteiger partial charge in [0.15, 0.2) is 0 Å². The molecule has 2 saturated heterocycles. The molecule has 13 heteroatoms. The molecule has 2 heterocycles. The van der Waals surface area contributed by atoms with Crippen molar-refractivity contribution in [3.8, 4) is 6.07 Å². The van der Waals surface area contributed by atoms with Crippen LogP contribution in [0.25, 0.3) is 0 Å². The first-order valence-electron chi connectivity index (χ1n) is 11.9. The van der Waals surface area contributed by atoms with Crippen molar-refractivity contribution in [3.63, 3.8) is 0 Å². The van der Waals surface area contributed by atoms with E-state index >= 15 is 8.78 Å². The minimum Gasteiger partial charge on any atom is -0.385 e. The van der Waals surface area contributed by atoms with Crippen LogP contribution in [0, 0.1) is 28.9 Å². The Hall–Kier alpha value is -2.78. The molecule has 2 fully saturated rings. The number of halogens is 7. The van der Waals surface area contributed by atoms with Gasteiger partial charge in [0.25, 0.3) is 0 Å². The quantitative estimate of drug-likeness (QED) is 0.277. The van der Waals surface area contributed by atoms with Crippen LogP contribution < -0.4 is 5.32 Å². The molecule has 6 nitrogen and oxygen atoms in total. The summed E-state index contributed by atoms with van der Waals surface area (Å²) in [6.45, 7) is 0.814. The zero-order valence-electron chi connectivity index (χ0n) is 20.0. The van der Waals surface area contributed by atoms with Gasteiger partial charge in [-0.15, -0.1) is 0 Å². The van der Waals surface area contributed by atoms with E-state index in [2.05, 4.69) is 16.1 Å². The van der Waals surface area contributed by atoms with Crippen LogP contribution in [0.15, 0.2) is 36.4 Å². The molecular weight excluding hydrogens is 570 g/mol. The fourth-order valence-electron chi connectivity index (χ4n) is 5.48. The molecular formula is C26H21Cl2F5N2O4. The topological polar surface area (TPSA) is 88.4 Å². The van der Waals surface area contributed by atoms with Crippen molar-refractivity contribution in [1.29, 1.82) is 5.26 Å². The molecule has 1 N–H and O–H groups in total. The molecule has 0 spiro atoms. The molecule has 0 aliphatic carbocycles. The smallest absolute Gasteiger partial charge is 0.385 e. The first-order chi connectivity index (χ1) is 18.4. The lowest BCUT2D eigenvalue weighted by molar-refractivity contribution is -0.202. The van der Waals surface area contributed by atoms with Crippen LogP contribution >= 0.6 is 23.2 Å². The van der Waals surface area contributed by atoms with Crippen molar-refractivity contribution in [1.82, 2.24) is 5.32 Å². The fourth-order valence-corrected chi connectivity index (χ4v) is 5.82. The van der Waals surface area contributed by atoms with E-state index in [1.807, 2.05) is 0 Å². The normalized spacial score (nSPS) is 25.7. The third-order valence-electron chi connectivity index (χ3n) is 7.22. The van der Waals surface area contributed by atoms with Gasteiger partial charge < -0.3 is 9.47 Å². The van der Waals surface area contributed by atoms with Crippen molar-refractivity contribution >= 4 is 35.1 Å². The van der Waals surface area contributed by atoms with Gasteiger partial charge in [0.1, 0.15) is 23.1 Å². The highest BCUT2D eigenvalue weighted by Gasteiger charge is 2.62. The highest BCUT2D eigenvalue weighted by Crippen LogP contribution is 2.52. The lowest BCUT2D eigenvalue weighted by Crippen LogP contribution is -2.44. The van der Waals surface area contributed by atoms with Crippen molar-refractivity contribution in [3.05, 3.63) is 69.2 Å². The number of alkyl halides is 3. The number of nitrogens with zero attached hydrogens (tertiary/aromatic N) is 1. The molecule has 2 aromatic carbocycles. The molecule has 0 unspecified atom stereocenters. The summed E-state index contributed by atoms with van der Waals surface area (Å²) in [5.41, 5.74) is -2.67. The van der Waals surface area contributed by atoms with Crippen molar-refractivity contribution in [2.75, 3.05) is 13.2 Å². The average molecular weight is 591 g/mol. The number of nitriles is 1. The van der Waals surface area contributed by atoms with E-state index in [1.165, 1.54) is 30.3 Å². The monoisotopic (exact) mass is 590 g/mol. The molecule has 2 aliphatic heterocycles. The molecule has 0 bridgehead atoms. The first-order valence-corrected chi connectivity index (χ1v) is 12.6. The molecule has 208 valence electrons. The zero-order valence-corrected chi connectivity index (χ0v) is 21.5. The van der Waals surface area contributed by atoms with Crippen molar-refractivity contribution in [2.45, 2.75) is 48.9 Å². The summed E-state index contributed by atoms with van der Waals surface area (Å²) >= 11 is 11.9. The second-order valence-corrected chi connectivity index (χ2v) is 10.3. The Bertz CT molecular complexity index is 1310. The number of benzene rings is 2. The number of rotatable bonds is 5. The Balaban J connectivity index is 1.93. The van der Waals surface area contributed by atoms with E-state index in [1.54, 1.807) is 0 Å². The number of nitrogens with one attached hydrogen (secondary N) is 1. The maximum atomic E-state index is 15.5. The van der Waals surface area contributed by atoms with Gasteiger partial charge >= 0.3 is 18.1 Å². The fraction of sp³-hybridized carbons (Fsp3) is 0.423. The van der Waals surface area contributed by atoms with Crippen LogP contribution in [0.2, 0.25) is 10.0 Å². The SMILES string of the molecule is N#C[C@]1(c2ccc(Cl)cc2F)[C@H](CC2CCOCC2)N[C@@H](C(=O)OC(=O)C(F)(F)F)[C@@H]1c1cccc(Cl)c1F. The molecule has 2 aliphatic rings. The zero-order chi connectivity index (χ0) is 28.5. The summed E-state index contributed by atoms with van der Waals surface area (Å²) in [6.07, 6.45) is -4.24. The summed E-state index contributed by atoms with van der Waals surface area (Å²) in [7, 11) is 0. The maximum Gasteiger partial charge on any atom is 0.491 e. The summed E-state index contributed by atoms with van der Waals surface area (Å²) in [4.78, 5) is 24.6. The standard InChI is InChI=1S/C26H21Cl2F5N2O4/c27-14-4-5-16(18(29)11-14)25(12-34)19(10-13-6-8-38-9-7-13)35-22(23(36)39-24(37)26(31,32)33)20(25)15-2-1-3-17(28)21(15)30/h1-5,11,13,19-20,22,35H,6-10H2/t19-,20-,22+,25-/m0/s1. The van der Waals surface area contributed by atoms with Crippen LogP contribution in [0.3, 0.4) is 0 Å². The summed E-state index contributed by atoms with van der Waals surface area (Å²) in [6, 6.07) is 6.25. The van der Waals surface area contributed by atoms with Gasteiger partial charge in [-0.3, -0.25) is 5.32 Å². The number of hydrogen-bond donors (Lipinski definition) is 1. The Morgan fingerprint density at radius 3 is 2.46 bits per heavy atom. The lowest BCUT2D eigenvalue weighted by atomic mass is 9.63. The summed E-state index contributed by atoms with van der Waals surface area (Å²) in [5.74, 6) is -8.24. The molecule has 0 aromatic heterocycles. The molecule has 4 atom stereocenters. The maximum absolute atomic E-state index is 15.5. The van der Waals surface area contributed by atoms with E-state index in [0.717, 1.165) is 6.07 Å². The van der Waals surface area contributed by atoms with Gasteiger partial charge in [0.05, 0.1) is 11.1 Å². The minimum absolute atomic E-state index is 0.00602. The van der Waals surface area contributed by atoms with Gasteiger partial charge in [0, 0.05) is 35.8 Å². The van der Waals surface area contributed by atoms with Crippen LogP contribution in [-0.2, 0) is 24.5 Å². The van der Waals surface area contributed by atoms with Crippen LogP contribution in [0.4, 0.5) is 22.0 Å². The summed E-state index contributed by atoms with van der Waals surface area (Å²) in [5, 5.41) is 13.1. The van der Waals surface area contributed by atoms with Crippen LogP contribution in [0.5, 0.6) is 0 Å². The highest BCUT2D eigenvalue weighted by molar-refractivity contribution is 6.31. The van der Waals surface area contributed by atoms with Gasteiger partial charge in [-0.05, 0) is 48.9 Å². The van der Waals surface area contributed by atoms with E-state index in [4.69, 9.17) is 27.9 Å². The van der Waals surface area contributed by atoms with Crippen LogP contribution in [-0.4, -0.2) is 43.4 Å². The Kier molecular flexibility index (Phi) is 8.52. The molecule has 0 radical (unpaired) electrons. The second-order valence-electron chi connectivity index (χ2n) is 9.42. The molecule has 4 rings (SSSR count). The second kappa shape index (κ2) is 11.4. The first kappa shape index (κ1) is 29.2. The Morgan fingerprint density at radius 2 is 1.85 bits per heavy atom. The van der Waals surface area contributed by atoms with Crippen molar-refractivity contribution < 1.29 is 41.0 Å². The van der Waals surface area contributed by atoms with Gasteiger partial charge in [-0.2, -0.15) is 18.4 Å². The molecule has 2 aromatic rings. The Labute approximate surface area is 230 Å². The third-order valence-corrected chi connectivity index (χ3v) is 7.75. The Morgan fingerprint density at radius 1 is 1.15 bits per heavy atom. The lowest BCUT2D eigenvalue weighted by Gasteiger charge is -2.37. The highest BCUT2D eigenvalue weighted by atomic mass is 35.5. The predicted molar refractivity (Wildman–Crippen MR) is 129 cm³/mol. The van der Waals surface area contributed by atoms with E-state index in [-0.39, 0.29) is 28.5 Å². The van der Waals surface area contributed by atoms with E-state index in [9.17, 15) is 28.0 Å². The average Bonchev–Trinajstić information content (AvgIpc) is 3.20. The van der Waals surface area contributed by atoms with E-state index in [0.29, 0.717) is 26.1 Å². The number of ether oxygens (including phenoxy) is 2. The molecule has 0 amide bonds. The number of carbonyl (C=O) groups is 2. The predicted octanol–water partition coefficient (Wildman–Crippen LogP) is 5.61. The van der Waals surface area contributed by atoms with E-state index < -0.39 is 58.2 Å². The van der Waals surface area contributed by atoms with Crippen LogP contribution in [0.1, 0.15) is 36.3 Å². The number of hydrogen-bond acceptors (Lipinski definition) is 6. The van der Waals surface area contributed by atoms with Gasteiger partial charge in [-0.1, -0.05) is 41.4 Å². The molecule has 0 saturated carbocycles. The third kappa shape index (κ3) is 5.61. The summed E-state index contributed by atoms with van der Waals surface area (Å²) < 4.78 is 79.3. The number of esters is 2. The van der Waals surface area contributed by atoms with Gasteiger partial charge in [-0.25, -0.2) is 18.4 Å². The molecule has 39 heavy (non-hydrogen) atoms.